The van der Waals surface area contributed by atoms with Gasteiger partial charge in [-0.3, -0.25) is 13.9 Å². The van der Waals surface area contributed by atoms with Gasteiger partial charge in [-0.2, -0.15) is 0 Å². The quantitative estimate of drug-likeness (QED) is 0.396. The lowest BCUT2D eigenvalue weighted by Crippen LogP contribution is -2.53. The first-order chi connectivity index (χ1) is 17.5. The maximum atomic E-state index is 13.9. The predicted octanol–water partition coefficient (Wildman–Crippen LogP) is 4.45. The summed E-state index contributed by atoms with van der Waals surface area (Å²) in [5, 5.41) is 3.40. The summed E-state index contributed by atoms with van der Waals surface area (Å²) in [6, 6.07) is 20.2. The van der Waals surface area contributed by atoms with Crippen molar-refractivity contribution in [2.24, 2.45) is 0 Å². The molecule has 0 bridgehead atoms. The highest BCUT2D eigenvalue weighted by atomic mass is 35.5. The SMILES string of the molecule is CNC(=O)[C@H](Cc1ccccc1)N(Cc1ccc(Cl)cc1Cl)C(=O)CN(c1ccccc1C)S(C)(=O)=O. The van der Waals surface area contributed by atoms with E-state index in [-0.39, 0.29) is 18.9 Å². The maximum Gasteiger partial charge on any atom is 0.244 e. The van der Waals surface area contributed by atoms with E-state index < -0.39 is 28.5 Å². The Labute approximate surface area is 228 Å². The van der Waals surface area contributed by atoms with Crippen molar-refractivity contribution in [3.63, 3.8) is 0 Å². The van der Waals surface area contributed by atoms with Crippen molar-refractivity contribution < 1.29 is 18.0 Å². The number of hydrogen-bond acceptors (Lipinski definition) is 4. The molecule has 0 heterocycles. The van der Waals surface area contributed by atoms with Gasteiger partial charge < -0.3 is 10.2 Å². The molecular weight excluding hydrogens is 533 g/mol. The minimum Gasteiger partial charge on any atom is -0.357 e. The second kappa shape index (κ2) is 12.4. The summed E-state index contributed by atoms with van der Waals surface area (Å²) >= 11 is 12.5. The lowest BCUT2D eigenvalue weighted by Gasteiger charge is -2.33. The van der Waals surface area contributed by atoms with Crippen molar-refractivity contribution in [2.75, 3.05) is 24.2 Å². The summed E-state index contributed by atoms with van der Waals surface area (Å²) in [6.07, 6.45) is 1.27. The Morgan fingerprint density at radius 2 is 1.62 bits per heavy atom. The van der Waals surface area contributed by atoms with E-state index in [0.717, 1.165) is 16.1 Å². The average Bonchev–Trinajstić information content (AvgIpc) is 2.85. The van der Waals surface area contributed by atoms with E-state index >= 15 is 0 Å². The zero-order chi connectivity index (χ0) is 27.2. The monoisotopic (exact) mass is 561 g/mol. The van der Waals surface area contributed by atoms with E-state index in [1.165, 1.54) is 11.9 Å². The molecule has 0 aliphatic carbocycles. The minimum atomic E-state index is -3.82. The number of carbonyl (C=O) groups is 2. The van der Waals surface area contributed by atoms with Crippen LogP contribution in [0, 0.1) is 6.92 Å². The average molecular weight is 563 g/mol. The highest BCUT2D eigenvalue weighted by Gasteiger charge is 2.33. The molecule has 0 aliphatic rings. The Kier molecular flexibility index (Phi) is 9.59. The Morgan fingerprint density at radius 3 is 2.22 bits per heavy atom. The van der Waals surface area contributed by atoms with Gasteiger partial charge in [0.05, 0.1) is 11.9 Å². The van der Waals surface area contributed by atoms with E-state index in [0.29, 0.717) is 26.9 Å². The zero-order valence-electron chi connectivity index (χ0n) is 20.8. The number of nitrogens with zero attached hydrogens (tertiary/aromatic N) is 2. The molecule has 3 aromatic rings. The minimum absolute atomic E-state index is 0.0227. The summed E-state index contributed by atoms with van der Waals surface area (Å²) < 4.78 is 26.6. The molecule has 10 heteroatoms. The highest BCUT2D eigenvalue weighted by molar-refractivity contribution is 7.92. The van der Waals surface area contributed by atoms with Crippen molar-refractivity contribution >= 4 is 50.7 Å². The third-order valence-corrected chi connectivity index (χ3v) is 7.65. The summed E-state index contributed by atoms with van der Waals surface area (Å²) in [5.41, 5.74) is 2.50. The number of likely N-dealkylation sites (N-methyl/N-ethyl adjacent to an activating group) is 1. The first kappa shape index (κ1) is 28.5. The van der Waals surface area contributed by atoms with Crippen LogP contribution in [0.25, 0.3) is 0 Å². The largest absolute Gasteiger partial charge is 0.357 e. The van der Waals surface area contributed by atoms with E-state index in [2.05, 4.69) is 5.32 Å². The third kappa shape index (κ3) is 7.47. The van der Waals surface area contributed by atoms with E-state index in [1.807, 2.05) is 30.3 Å². The topological polar surface area (TPSA) is 86.8 Å². The molecular formula is C27H29Cl2N3O4S. The molecule has 3 rings (SSSR count). The molecule has 0 fully saturated rings. The summed E-state index contributed by atoms with van der Waals surface area (Å²) in [7, 11) is -2.33. The van der Waals surface area contributed by atoms with Crippen LogP contribution in [0.2, 0.25) is 10.0 Å². The number of hydrogen-bond donors (Lipinski definition) is 1. The van der Waals surface area contributed by atoms with Crippen LogP contribution in [0.15, 0.2) is 72.8 Å². The smallest absolute Gasteiger partial charge is 0.244 e. The lowest BCUT2D eigenvalue weighted by atomic mass is 10.0. The van der Waals surface area contributed by atoms with Crippen molar-refractivity contribution in [1.29, 1.82) is 0 Å². The Bertz CT molecular complexity index is 1370. The van der Waals surface area contributed by atoms with Gasteiger partial charge in [-0.05, 0) is 41.8 Å². The number of amides is 2. The molecule has 37 heavy (non-hydrogen) atoms. The number of carbonyl (C=O) groups excluding carboxylic acids is 2. The van der Waals surface area contributed by atoms with Crippen LogP contribution in [0.3, 0.4) is 0 Å². The van der Waals surface area contributed by atoms with Gasteiger partial charge in [-0.1, -0.05) is 77.8 Å². The number of benzene rings is 3. The summed E-state index contributed by atoms with van der Waals surface area (Å²) in [6.45, 7) is 1.26. The molecule has 0 aliphatic heterocycles. The maximum absolute atomic E-state index is 13.9. The van der Waals surface area contributed by atoms with Crippen molar-refractivity contribution in [1.82, 2.24) is 10.2 Å². The molecule has 3 aromatic carbocycles. The van der Waals surface area contributed by atoms with Crippen molar-refractivity contribution in [2.45, 2.75) is 25.9 Å². The van der Waals surface area contributed by atoms with Crippen molar-refractivity contribution in [3.05, 3.63) is 99.5 Å². The van der Waals surface area contributed by atoms with Crippen LogP contribution in [0.1, 0.15) is 16.7 Å². The standard InChI is InChI=1S/C27H29Cl2N3O4S/c1-19-9-7-8-12-24(19)32(37(3,35)36)18-26(33)31(17-21-13-14-22(28)16-23(21)29)25(27(34)30-2)15-20-10-5-4-6-11-20/h4-14,16,25H,15,17-18H2,1-3H3,(H,30,34)/t25-/m0/s1. The van der Waals surface area contributed by atoms with E-state index in [9.17, 15) is 18.0 Å². The van der Waals surface area contributed by atoms with Gasteiger partial charge in [-0.15, -0.1) is 0 Å². The fourth-order valence-corrected chi connectivity index (χ4v) is 5.37. The molecule has 0 saturated heterocycles. The number of sulfonamides is 1. The molecule has 0 saturated carbocycles. The van der Waals surface area contributed by atoms with E-state index in [4.69, 9.17) is 23.2 Å². The van der Waals surface area contributed by atoms with Crippen LogP contribution in [0.5, 0.6) is 0 Å². The molecule has 1 atom stereocenters. The number of halogens is 2. The first-order valence-electron chi connectivity index (χ1n) is 11.5. The number of nitrogens with one attached hydrogen (secondary N) is 1. The first-order valence-corrected chi connectivity index (χ1v) is 14.1. The number of aryl methyl sites for hydroxylation is 1. The Balaban J connectivity index is 2.06. The third-order valence-electron chi connectivity index (χ3n) is 5.94. The molecule has 2 amide bonds. The van der Waals surface area contributed by atoms with Gasteiger partial charge in [0.15, 0.2) is 0 Å². The van der Waals surface area contributed by atoms with Gasteiger partial charge in [0.25, 0.3) is 0 Å². The van der Waals surface area contributed by atoms with Gasteiger partial charge >= 0.3 is 0 Å². The molecule has 0 spiro atoms. The number of rotatable bonds is 10. The lowest BCUT2D eigenvalue weighted by molar-refractivity contribution is -0.139. The fourth-order valence-electron chi connectivity index (χ4n) is 3.99. The highest BCUT2D eigenvalue weighted by Crippen LogP contribution is 2.26. The second-order valence-corrected chi connectivity index (χ2v) is 11.4. The van der Waals surface area contributed by atoms with Crippen LogP contribution in [-0.4, -0.2) is 51.0 Å². The Morgan fingerprint density at radius 1 is 0.973 bits per heavy atom. The molecule has 0 aromatic heterocycles. The van der Waals surface area contributed by atoms with Crippen molar-refractivity contribution in [3.8, 4) is 0 Å². The zero-order valence-corrected chi connectivity index (χ0v) is 23.1. The van der Waals surface area contributed by atoms with Crippen LogP contribution >= 0.6 is 23.2 Å². The van der Waals surface area contributed by atoms with Crippen LogP contribution < -0.4 is 9.62 Å². The van der Waals surface area contributed by atoms with Crippen LogP contribution in [0.4, 0.5) is 5.69 Å². The van der Waals surface area contributed by atoms with Gasteiger partial charge in [0, 0.05) is 30.1 Å². The summed E-state index contributed by atoms with van der Waals surface area (Å²) in [4.78, 5) is 28.4. The normalized spacial score (nSPS) is 12.0. The van der Waals surface area contributed by atoms with Gasteiger partial charge in [0.1, 0.15) is 12.6 Å². The predicted molar refractivity (Wildman–Crippen MR) is 148 cm³/mol. The Hall–Kier alpha value is -3.07. The van der Waals surface area contributed by atoms with Crippen LogP contribution in [-0.2, 0) is 32.6 Å². The fraction of sp³-hybridized carbons (Fsp3) is 0.259. The molecule has 196 valence electrons. The molecule has 7 nitrogen and oxygen atoms in total. The van der Waals surface area contributed by atoms with Gasteiger partial charge in [0.2, 0.25) is 21.8 Å². The van der Waals surface area contributed by atoms with E-state index in [1.54, 1.807) is 49.4 Å². The number of para-hydroxylation sites is 1. The molecule has 0 unspecified atom stereocenters. The molecule has 1 N–H and O–H groups in total. The number of anilines is 1. The molecule has 0 radical (unpaired) electrons. The summed E-state index contributed by atoms with van der Waals surface area (Å²) in [5.74, 6) is -0.937. The second-order valence-electron chi connectivity index (χ2n) is 8.63. The van der Waals surface area contributed by atoms with Gasteiger partial charge in [-0.25, -0.2) is 8.42 Å².